The molecule has 0 aliphatic carbocycles. The first-order valence-corrected chi connectivity index (χ1v) is 3.66. The number of hydrogen-bond donors (Lipinski definition) is 1. The van der Waals surface area contributed by atoms with Crippen LogP contribution in [0.2, 0.25) is 0 Å². The van der Waals surface area contributed by atoms with Crippen LogP contribution in [0, 0.1) is 0 Å². The van der Waals surface area contributed by atoms with Gasteiger partial charge in [0.25, 0.3) is 5.91 Å². The van der Waals surface area contributed by atoms with Gasteiger partial charge < -0.3 is 0 Å². The van der Waals surface area contributed by atoms with E-state index in [0.717, 1.165) is 13.1 Å². The van der Waals surface area contributed by atoms with E-state index in [0.29, 0.717) is 0 Å². The van der Waals surface area contributed by atoms with Crippen molar-refractivity contribution in [3.8, 4) is 0 Å². The molecule has 1 amide bonds. The molecule has 0 bridgehead atoms. The van der Waals surface area contributed by atoms with Crippen LogP contribution in [0.5, 0.6) is 0 Å². The number of nitrogens with zero attached hydrogens (tertiary/aromatic N) is 1. The molecule has 0 aliphatic heterocycles. The highest BCUT2D eigenvalue weighted by Crippen LogP contribution is 1.79. The summed E-state index contributed by atoms with van der Waals surface area (Å²) >= 11 is 0. The summed E-state index contributed by atoms with van der Waals surface area (Å²) in [6.45, 7) is 8.84. The molecule has 0 atom stereocenters. The Hall–Kier alpha value is -1.05. The van der Waals surface area contributed by atoms with Gasteiger partial charge in [0.1, 0.15) is 0 Å². The normalized spacial score (nSPS) is 9.00. The lowest BCUT2D eigenvalue weighted by Crippen LogP contribution is -2.40. The Labute approximate surface area is 67.4 Å². The van der Waals surface area contributed by atoms with Crippen LogP contribution in [0.3, 0.4) is 0 Å². The van der Waals surface area contributed by atoms with Gasteiger partial charge in [-0.05, 0) is 0 Å². The minimum atomic E-state index is -0.177. The predicted molar refractivity (Wildman–Crippen MR) is 44.8 cm³/mol. The number of nitrogens with one attached hydrogen (secondary N) is 1. The van der Waals surface area contributed by atoms with Gasteiger partial charge in [0.2, 0.25) is 0 Å². The van der Waals surface area contributed by atoms with Crippen molar-refractivity contribution in [2.75, 3.05) is 13.1 Å². The van der Waals surface area contributed by atoms with E-state index >= 15 is 0 Å². The van der Waals surface area contributed by atoms with E-state index < -0.39 is 0 Å². The Morgan fingerprint density at radius 2 is 2.18 bits per heavy atom. The summed E-state index contributed by atoms with van der Waals surface area (Å²) in [5, 5.41) is 1.80. The van der Waals surface area contributed by atoms with Crippen molar-refractivity contribution in [1.29, 1.82) is 0 Å². The molecule has 62 valence electrons. The molecule has 0 heterocycles. The molecule has 3 nitrogen and oxygen atoms in total. The summed E-state index contributed by atoms with van der Waals surface area (Å²) in [5.41, 5.74) is 5.06. The van der Waals surface area contributed by atoms with Crippen LogP contribution in [0.25, 0.3) is 0 Å². The molecule has 11 heavy (non-hydrogen) atoms. The molecule has 0 rings (SSSR count). The molecular weight excluding hydrogens is 140 g/mol. The second-order valence-electron chi connectivity index (χ2n) is 2.00. The largest absolute Gasteiger partial charge is 0.285 e. The Morgan fingerprint density at radius 3 is 2.55 bits per heavy atom. The fourth-order valence-electron chi connectivity index (χ4n) is 0.663. The van der Waals surface area contributed by atoms with Gasteiger partial charge >= 0.3 is 0 Å². The highest BCUT2D eigenvalue weighted by Gasteiger charge is 1.99. The number of hydrazine groups is 1. The fraction of sp³-hybridized carbons (Fsp3) is 0.500. The molecule has 0 saturated carbocycles. The fourth-order valence-corrected chi connectivity index (χ4v) is 0.663. The smallest absolute Gasteiger partial charge is 0.266 e. The van der Waals surface area contributed by atoms with E-state index in [9.17, 15) is 4.79 Å². The summed E-state index contributed by atoms with van der Waals surface area (Å²) < 4.78 is 0. The highest BCUT2D eigenvalue weighted by atomic mass is 16.2. The van der Waals surface area contributed by atoms with E-state index in [1.807, 2.05) is 13.8 Å². The van der Waals surface area contributed by atoms with E-state index in [4.69, 9.17) is 0 Å². The predicted octanol–water partition coefficient (Wildman–Crippen LogP) is 0.700. The number of carbonyl (C=O) groups is 1. The number of carbonyl (C=O) groups excluding carboxylic acids is 1. The molecule has 0 unspecified atom stereocenters. The highest BCUT2D eigenvalue weighted by molar-refractivity contribution is 5.86. The van der Waals surface area contributed by atoms with Crippen molar-refractivity contribution in [2.45, 2.75) is 13.8 Å². The second kappa shape index (κ2) is 5.71. The third kappa shape index (κ3) is 4.37. The van der Waals surface area contributed by atoms with Gasteiger partial charge in [-0.2, -0.15) is 0 Å². The van der Waals surface area contributed by atoms with Gasteiger partial charge in [0.05, 0.1) is 0 Å². The molecule has 1 N–H and O–H groups in total. The topological polar surface area (TPSA) is 32.3 Å². The zero-order chi connectivity index (χ0) is 8.69. The van der Waals surface area contributed by atoms with Crippen molar-refractivity contribution in [3.63, 3.8) is 0 Å². The van der Waals surface area contributed by atoms with Crippen LogP contribution < -0.4 is 5.43 Å². The first-order valence-electron chi connectivity index (χ1n) is 3.66. The summed E-state index contributed by atoms with van der Waals surface area (Å²) in [6.07, 6.45) is 1.28. The van der Waals surface area contributed by atoms with Crippen LogP contribution in [0.1, 0.15) is 13.8 Å². The third-order valence-corrected chi connectivity index (χ3v) is 1.26. The standard InChI is InChI=1S/C8H14N2O/c1-4-7-8(11)9-10(5-2)6-3/h7H,1,5-6H2,2-3H3,(H,9,11). The lowest BCUT2D eigenvalue weighted by Gasteiger charge is -2.17. The quantitative estimate of drug-likeness (QED) is 0.367. The lowest BCUT2D eigenvalue weighted by atomic mass is 10.5. The minimum Gasteiger partial charge on any atom is -0.285 e. The van der Waals surface area contributed by atoms with Crippen LogP contribution >= 0.6 is 0 Å². The summed E-state index contributed by atoms with van der Waals surface area (Å²) in [5.74, 6) is -0.177. The van der Waals surface area contributed by atoms with Gasteiger partial charge in [-0.15, -0.1) is 5.73 Å². The first-order chi connectivity index (χ1) is 5.24. The minimum absolute atomic E-state index is 0.177. The van der Waals surface area contributed by atoms with E-state index in [1.54, 1.807) is 5.01 Å². The average Bonchev–Trinajstić information content (AvgIpc) is 2.01. The maximum Gasteiger partial charge on any atom is 0.266 e. The molecule has 0 aromatic carbocycles. The zero-order valence-electron chi connectivity index (χ0n) is 7.05. The molecule has 0 fully saturated rings. The zero-order valence-corrected chi connectivity index (χ0v) is 7.05. The summed E-state index contributed by atoms with van der Waals surface area (Å²) in [7, 11) is 0. The molecule has 0 spiro atoms. The molecule has 3 heteroatoms. The maximum absolute atomic E-state index is 10.9. The van der Waals surface area contributed by atoms with Gasteiger partial charge in [-0.1, -0.05) is 20.4 Å². The summed E-state index contributed by atoms with van der Waals surface area (Å²) in [6, 6.07) is 0. The van der Waals surface area contributed by atoms with Gasteiger partial charge in [0, 0.05) is 19.2 Å². The van der Waals surface area contributed by atoms with Crippen molar-refractivity contribution in [3.05, 3.63) is 18.4 Å². The molecular formula is C8H14N2O. The van der Waals surface area contributed by atoms with Crippen molar-refractivity contribution < 1.29 is 4.79 Å². The maximum atomic E-state index is 10.9. The van der Waals surface area contributed by atoms with Crippen LogP contribution in [0.4, 0.5) is 0 Å². The Bertz CT molecular complexity index is 167. The van der Waals surface area contributed by atoms with Crippen LogP contribution in [-0.4, -0.2) is 24.0 Å². The summed E-state index contributed by atoms with van der Waals surface area (Å²) in [4.78, 5) is 10.9. The van der Waals surface area contributed by atoms with E-state index in [2.05, 4.69) is 17.7 Å². The number of rotatable bonds is 4. The van der Waals surface area contributed by atoms with Gasteiger partial charge in [-0.25, -0.2) is 5.01 Å². The molecule has 0 aliphatic rings. The third-order valence-electron chi connectivity index (χ3n) is 1.26. The SMILES string of the molecule is C=C=CC(=O)NN(CC)CC. The lowest BCUT2D eigenvalue weighted by molar-refractivity contribution is -0.120. The molecule has 0 saturated heterocycles. The molecule has 0 radical (unpaired) electrons. The van der Waals surface area contributed by atoms with Crippen LogP contribution in [0.15, 0.2) is 18.4 Å². The van der Waals surface area contributed by atoms with Crippen LogP contribution in [-0.2, 0) is 4.79 Å². The molecule has 0 aromatic rings. The average molecular weight is 154 g/mol. The second-order valence-corrected chi connectivity index (χ2v) is 2.00. The number of amides is 1. The van der Waals surface area contributed by atoms with Gasteiger partial charge in [0.15, 0.2) is 0 Å². The first kappa shape index (κ1) is 9.95. The van der Waals surface area contributed by atoms with Crippen molar-refractivity contribution in [1.82, 2.24) is 10.4 Å². The van der Waals surface area contributed by atoms with E-state index in [1.165, 1.54) is 6.08 Å². The Morgan fingerprint density at radius 1 is 1.64 bits per heavy atom. The number of hydrogen-bond acceptors (Lipinski definition) is 2. The van der Waals surface area contributed by atoms with Gasteiger partial charge in [-0.3, -0.25) is 10.2 Å². The molecule has 0 aromatic heterocycles. The Balaban J connectivity index is 3.80. The van der Waals surface area contributed by atoms with Crippen molar-refractivity contribution in [2.24, 2.45) is 0 Å². The Kier molecular flexibility index (Phi) is 5.17. The van der Waals surface area contributed by atoms with E-state index in [-0.39, 0.29) is 5.91 Å². The monoisotopic (exact) mass is 154 g/mol. The van der Waals surface area contributed by atoms with Crippen molar-refractivity contribution >= 4 is 5.91 Å².